The van der Waals surface area contributed by atoms with Gasteiger partial charge in [0.05, 0.1) is 7.11 Å². The van der Waals surface area contributed by atoms with Crippen molar-refractivity contribution in [1.82, 2.24) is 10.2 Å². The lowest BCUT2D eigenvalue weighted by atomic mass is 10.3. The molecule has 1 rings (SSSR count). The van der Waals surface area contributed by atoms with Gasteiger partial charge in [-0.3, -0.25) is 4.90 Å². The molecule has 0 aromatic heterocycles. The van der Waals surface area contributed by atoms with Crippen LogP contribution in [-0.4, -0.2) is 50.3 Å². The zero-order valence-electron chi connectivity index (χ0n) is 7.19. The summed E-state index contributed by atoms with van der Waals surface area (Å²) in [5.74, 6) is -0.378. The van der Waals surface area contributed by atoms with Crippen molar-refractivity contribution in [1.29, 1.82) is 0 Å². The number of nitrogens with zero attached hydrogens (tertiary/aromatic N) is 2. The van der Waals surface area contributed by atoms with Crippen LogP contribution < -0.4 is 11.1 Å². The lowest BCUT2D eigenvalue weighted by molar-refractivity contribution is -0.147. The van der Waals surface area contributed by atoms with Crippen molar-refractivity contribution in [2.75, 3.05) is 33.3 Å². The van der Waals surface area contributed by atoms with Crippen LogP contribution in [0.4, 0.5) is 0 Å². The molecule has 1 aliphatic rings. The Kier molecular flexibility index (Phi) is 3.46. The number of nitrogens with two attached hydrogens (primary N) is 1. The number of ether oxygens (including phenoxy) is 1. The number of carbonyl (C=O) groups is 1. The summed E-state index contributed by atoms with van der Waals surface area (Å²) in [7, 11) is 1.34. The summed E-state index contributed by atoms with van der Waals surface area (Å²) >= 11 is 0. The van der Waals surface area contributed by atoms with E-state index in [0.29, 0.717) is 0 Å². The standard InChI is InChI=1S/C7H14N3O2/c1-12-7(11)6(8)10-4-2-9-3-5-10/h6H,2-5,8H2,1H3. The summed E-state index contributed by atoms with van der Waals surface area (Å²) in [4.78, 5) is 12.9. The van der Waals surface area contributed by atoms with Gasteiger partial charge >= 0.3 is 5.97 Å². The van der Waals surface area contributed by atoms with Crippen LogP contribution in [0.25, 0.3) is 0 Å². The number of piperazine rings is 1. The molecule has 1 aliphatic heterocycles. The fraction of sp³-hybridized carbons (Fsp3) is 0.857. The monoisotopic (exact) mass is 172 g/mol. The average molecular weight is 172 g/mol. The number of esters is 1. The maximum absolute atomic E-state index is 11.0. The highest BCUT2D eigenvalue weighted by Gasteiger charge is 2.23. The molecule has 1 saturated heterocycles. The molecule has 0 saturated carbocycles. The van der Waals surface area contributed by atoms with Gasteiger partial charge in [-0.2, -0.15) is 0 Å². The van der Waals surface area contributed by atoms with Crippen LogP contribution in [0.2, 0.25) is 0 Å². The van der Waals surface area contributed by atoms with Crippen molar-refractivity contribution in [3.8, 4) is 0 Å². The van der Waals surface area contributed by atoms with Crippen molar-refractivity contribution < 1.29 is 9.53 Å². The van der Waals surface area contributed by atoms with E-state index in [1.165, 1.54) is 7.11 Å². The smallest absolute Gasteiger partial charge is 0.337 e. The summed E-state index contributed by atoms with van der Waals surface area (Å²) in [6.07, 6.45) is -0.620. The SMILES string of the molecule is COC(=O)C(N)N1CC[N]CC1. The molecule has 0 aliphatic carbocycles. The molecule has 69 valence electrons. The van der Waals surface area contributed by atoms with Crippen molar-refractivity contribution in [2.45, 2.75) is 6.17 Å². The number of rotatable bonds is 2. The highest BCUT2D eigenvalue weighted by atomic mass is 16.5. The fourth-order valence-electron chi connectivity index (χ4n) is 1.17. The number of methoxy groups -OCH3 is 1. The van der Waals surface area contributed by atoms with Crippen molar-refractivity contribution >= 4 is 5.97 Å². The van der Waals surface area contributed by atoms with E-state index in [-0.39, 0.29) is 5.97 Å². The Bertz CT molecular complexity index is 157. The Balaban J connectivity index is 2.39. The number of carbonyl (C=O) groups excluding carboxylic acids is 1. The minimum absolute atomic E-state index is 0.378. The first-order chi connectivity index (χ1) is 5.75. The maximum Gasteiger partial charge on any atom is 0.337 e. The summed E-state index contributed by atoms with van der Waals surface area (Å²) < 4.78 is 4.53. The quantitative estimate of drug-likeness (QED) is 0.507. The molecule has 0 aromatic rings. The molecule has 1 radical (unpaired) electrons. The van der Waals surface area contributed by atoms with E-state index < -0.39 is 6.17 Å². The van der Waals surface area contributed by atoms with Crippen LogP contribution in [0.5, 0.6) is 0 Å². The van der Waals surface area contributed by atoms with Gasteiger partial charge in [-0.05, 0) is 0 Å². The molecule has 12 heavy (non-hydrogen) atoms. The second kappa shape index (κ2) is 4.39. The first kappa shape index (κ1) is 9.44. The lowest BCUT2D eigenvalue weighted by Gasteiger charge is -2.29. The predicted octanol–water partition coefficient (Wildman–Crippen LogP) is -1.64. The first-order valence-corrected chi connectivity index (χ1v) is 3.96. The van der Waals surface area contributed by atoms with Gasteiger partial charge in [0.25, 0.3) is 0 Å². The van der Waals surface area contributed by atoms with Gasteiger partial charge in [-0.1, -0.05) is 0 Å². The third kappa shape index (κ3) is 2.17. The van der Waals surface area contributed by atoms with Gasteiger partial charge in [-0.15, -0.1) is 0 Å². The molecule has 1 atom stereocenters. The van der Waals surface area contributed by atoms with Crippen LogP contribution in [0.3, 0.4) is 0 Å². The van der Waals surface area contributed by atoms with Gasteiger partial charge in [0.15, 0.2) is 6.17 Å². The molecule has 1 fully saturated rings. The van der Waals surface area contributed by atoms with E-state index in [1.54, 1.807) is 0 Å². The van der Waals surface area contributed by atoms with E-state index in [4.69, 9.17) is 5.73 Å². The fourth-order valence-corrected chi connectivity index (χ4v) is 1.17. The summed E-state index contributed by atoms with van der Waals surface area (Å²) in [6.45, 7) is 3.00. The maximum atomic E-state index is 11.0. The molecular formula is C7H14N3O2. The zero-order valence-corrected chi connectivity index (χ0v) is 7.19. The zero-order chi connectivity index (χ0) is 8.97. The molecule has 5 heteroatoms. The largest absolute Gasteiger partial charge is 0.467 e. The van der Waals surface area contributed by atoms with Crippen molar-refractivity contribution in [3.05, 3.63) is 0 Å². The van der Waals surface area contributed by atoms with Gasteiger partial charge in [0.1, 0.15) is 0 Å². The summed E-state index contributed by atoms with van der Waals surface area (Å²) in [5, 5.41) is 4.15. The van der Waals surface area contributed by atoms with Gasteiger partial charge < -0.3 is 10.5 Å². The molecule has 0 bridgehead atoms. The van der Waals surface area contributed by atoms with Gasteiger partial charge in [-0.25, -0.2) is 10.1 Å². The van der Waals surface area contributed by atoms with Crippen molar-refractivity contribution in [2.24, 2.45) is 5.73 Å². The minimum atomic E-state index is -0.620. The molecule has 0 spiro atoms. The summed E-state index contributed by atoms with van der Waals surface area (Å²) in [6, 6.07) is 0. The highest BCUT2D eigenvalue weighted by molar-refractivity contribution is 5.74. The van der Waals surface area contributed by atoms with E-state index >= 15 is 0 Å². The lowest BCUT2D eigenvalue weighted by Crippen LogP contribution is -2.54. The van der Waals surface area contributed by atoms with E-state index in [0.717, 1.165) is 26.2 Å². The van der Waals surface area contributed by atoms with Crippen LogP contribution in [-0.2, 0) is 9.53 Å². The number of hydrogen-bond acceptors (Lipinski definition) is 4. The Morgan fingerprint density at radius 1 is 1.58 bits per heavy atom. The van der Waals surface area contributed by atoms with E-state index in [2.05, 4.69) is 10.1 Å². The number of hydrogen-bond donors (Lipinski definition) is 1. The van der Waals surface area contributed by atoms with Crippen LogP contribution in [0, 0.1) is 0 Å². The van der Waals surface area contributed by atoms with Crippen LogP contribution in [0.1, 0.15) is 0 Å². The second-order valence-corrected chi connectivity index (χ2v) is 2.67. The molecule has 1 heterocycles. The Labute approximate surface area is 71.8 Å². The molecule has 0 aromatic carbocycles. The topological polar surface area (TPSA) is 69.7 Å². The second-order valence-electron chi connectivity index (χ2n) is 2.67. The molecule has 0 amide bonds. The summed E-state index contributed by atoms with van der Waals surface area (Å²) in [5.41, 5.74) is 5.61. The van der Waals surface area contributed by atoms with Crippen LogP contribution in [0.15, 0.2) is 0 Å². The molecular weight excluding hydrogens is 158 g/mol. The van der Waals surface area contributed by atoms with Gasteiger partial charge in [0, 0.05) is 26.2 Å². The third-order valence-electron chi connectivity index (χ3n) is 1.93. The third-order valence-corrected chi connectivity index (χ3v) is 1.93. The molecule has 5 nitrogen and oxygen atoms in total. The Morgan fingerprint density at radius 2 is 2.17 bits per heavy atom. The van der Waals surface area contributed by atoms with Crippen LogP contribution >= 0.6 is 0 Å². The Hall–Kier alpha value is -0.650. The molecule has 1 unspecified atom stereocenters. The Morgan fingerprint density at radius 3 is 2.67 bits per heavy atom. The first-order valence-electron chi connectivity index (χ1n) is 3.96. The van der Waals surface area contributed by atoms with E-state index in [1.807, 2.05) is 4.90 Å². The minimum Gasteiger partial charge on any atom is -0.467 e. The molecule has 2 N–H and O–H groups in total. The average Bonchev–Trinajstić information content (AvgIpc) is 2.17. The normalized spacial score (nSPS) is 21.8. The van der Waals surface area contributed by atoms with Crippen molar-refractivity contribution in [3.63, 3.8) is 0 Å². The predicted molar refractivity (Wildman–Crippen MR) is 43.4 cm³/mol. The van der Waals surface area contributed by atoms with E-state index in [9.17, 15) is 4.79 Å². The highest BCUT2D eigenvalue weighted by Crippen LogP contribution is 1.98. The van der Waals surface area contributed by atoms with Gasteiger partial charge in [0.2, 0.25) is 0 Å².